The van der Waals surface area contributed by atoms with Crippen LogP contribution >= 0.6 is 0 Å². The predicted molar refractivity (Wildman–Crippen MR) is 99.1 cm³/mol. The number of aryl methyl sites for hydroxylation is 1. The normalized spacial score (nSPS) is 12.4. The monoisotopic (exact) mass is 347 g/mol. The topological polar surface area (TPSA) is 77.0 Å². The molecule has 0 radical (unpaired) electrons. The van der Waals surface area contributed by atoms with Gasteiger partial charge >= 0.3 is 5.97 Å². The van der Waals surface area contributed by atoms with Crippen LogP contribution in [0.1, 0.15) is 29.2 Å². The Hall–Kier alpha value is -3.41. The molecule has 0 saturated carbocycles. The average Bonchev–Trinajstić information content (AvgIpc) is 2.99. The lowest BCUT2D eigenvalue weighted by molar-refractivity contribution is 0.0322. The fraction of sp³-hybridized carbons (Fsp3) is 0.150. The highest BCUT2D eigenvalue weighted by Gasteiger charge is 2.20. The van der Waals surface area contributed by atoms with E-state index in [0.717, 1.165) is 10.9 Å². The fourth-order valence-corrected chi connectivity index (χ4v) is 3.08. The van der Waals surface area contributed by atoms with Gasteiger partial charge in [0.05, 0.1) is 16.5 Å². The summed E-state index contributed by atoms with van der Waals surface area (Å²) in [5.41, 5.74) is 1.75. The molecule has 6 heteroatoms. The molecule has 0 fully saturated rings. The number of nitrogens with zero attached hydrogens (tertiary/aromatic N) is 2. The Morgan fingerprint density at radius 1 is 1.12 bits per heavy atom. The summed E-state index contributed by atoms with van der Waals surface area (Å²) in [6.45, 7) is 1.69. The molecule has 0 saturated heterocycles. The third-order valence-electron chi connectivity index (χ3n) is 4.42. The highest BCUT2D eigenvalue weighted by molar-refractivity contribution is 6.04. The van der Waals surface area contributed by atoms with Crippen molar-refractivity contribution in [3.8, 4) is 0 Å². The molecule has 2 aromatic heterocycles. The van der Waals surface area contributed by atoms with E-state index in [-0.39, 0.29) is 5.56 Å². The van der Waals surface area contributed by atoms with Crippen molar-refractivity contribution in [2.24, 2.45) is 7.05 Å². The molecule has 1 N–H and O–H groups in total. The number of rotatable bonds is 3. The summed E-state index contributed by atoms with van der Waals surface area (Å²) in [4.78, 5) is 32.0. The second-order valence-electron chi connectivity index (χ2n) is 6.19. The Labute approximate surface area is 149 Å². The average molecular weight is 347 g/mol. The van der Waals surface area contributed by atoms with Crippen molar-refractivity contribution in [3.63, 3.8) is 0 Å². The minimum atomic E-state index is -0.682. The van der Waals surface area contributed by atoms with E-state index in [1.807, 2.05) is 41.9 Å². The molecule has 2 aromatic carbocycles. The fourth-order valence-electron chi connectivity index (χ4n) is 3.08. The van der Waals surface area contributed by atoms with Crippen molar-refractivity contribution >= 4 is 27.8 Å². The number of fused-ring (bicyclic) bond motifs is 2. The minimum absolute atomic E-state index is 0.251. The highest BCUT2D eigenvalue weighted by Crippen LogP contribution is 2.23. The molecule has 6 nitrogen and oxygen atoms in total. The molecular weight excluding hydrogens is 330 g/mol. The van der Waals surface area contributed by atoms with E-state index in [9.17, 15) is 9.59 Å². The van der Waals surface area contributed by atoms with Crippen LogP contribution in [-0.4, -0.2) is 20.5 Å². The number of para-hydroxylation sites is 2. The van der Waals surface area contributed by atoms with E-state index in [4.69, 9.17) is 4.74 Å². The lowest BCUT2D eigenvalue weighted by Crippen LogP contribution is -2.17. The summed E-state index contributed by atoms with van der Waals surface area (Å²) >= 11 is 0. The van der Waals surface area contributed by atoms with Gasteiger partial charge in [-0.05, 0) is 25.1 Å². The molecule has 0 aliphatic heterocycles. The number of aromatic nitrogens is 3. The molecule has 26 heavy (non-hydrogen) atoms. The molecule has 0 aliphatic rings. The second kappa shape index (κ2) is 6.15. The first-order valence-electron chi connectivity index (χ1n) is 8.28. The Bertz CT molecular complexity index is 1190. The van der Waals surface area contributed by atoms with Gasteiger partial charge in [0.2, 0.25) is 0 Å². The molecule has 0 amide bonds. The number of carbonyl (C=O) groups excluding carboxylic acids is 1. The van der Waals surface area contributed by atoms with Crippen LogP contribution in [0.15, 0.2) is 59.5 Å². The molecule has 0 unspecified atom stereocenters. The third-order valence-corrected chi connectivity index (χ3v) is 4.42. The molecule has 2 heterocycles. The van der Waals surface area contributed by atoms with Gasteiger partial charge < -0.3 is 14.3 Å². The van der Waals surface area contributed by atoms with Crippen LogP contribution in [0.5, 0.6) is 0 Å². The summed E-state index contributed by atoms with van der Waals surface area (Å²) in [5.74, 6) is -0.132. The number of benzene rings is 2. The molecule has 0 bridgehead atoms. The third kappa shape index (κ3) is 2.65. The highest BCUT2D eigenvalue weighted by atomic mass is 16.5. The van der Waals surface area contributed by atoms with Crippen molar-refractivity contribution in [3.05, 3.63) is 76.5 Å². The van der Waals surface area contributed by atoms with Gasteiger partial charge in [-0.15, -0.1) is 0 Å². The molecule has 130 valence electrons. The van der Waals surface area contributed by atoms with Gasteiger partial charge in [0.25, 0.3) is 5.56 Å². The zero-order valence-corrected chi connectivity index (χ0v) is 14.4. The van der Waals surface area contributed by atoms with E-state index in [1.54, 1.807) is 31.3 Å². The molecular formula is C20H17N3O3. The Morgan fingerprint density at radius 2 is 1.81 bits per heavy atom. The SMILES string of the molecule is C[C@@H](OC(=O)c1cn(C)c2ccccc12)c1nc2ccccc2c(=O)[nH]1. The molecule has 4 aromatic rings. The van der Waals surface area contributed by atoms with Gasteiger partial charge in [-0.3, -0.25) is 4.79 Å². The van der Waals surface area contributed by atoms with E-state index in [0.29, 0.717) is 22.3 Å². The van der Waals surface area contributed by atoms with Crippen molar-refractivity contribution in [1.82, 2.24) is 14.5 Å². The smallest absolute Gasteiger partial charge is 0.341 e. The van der Waals surface area contributed by atoms with Crippen LogP contribution in [0, 0.1) is 0 Å². The zero-order chi connectivity index (χ0) is 18.3. The van der Waals surface area contributed by atoms with Crippen LogP contribution in [0.4, 0.5) is 0 Å². The van der Waals surface area contributed by atoms with Crippen molar-refractivity contribution in [1.29, 1.82) is 0 Å². The lowest BCUT2D eigenvalue weighted by Gasteiger charge is -2.12. The summed E-state index contributed by atoms with van der Waals surface area (Å²) in [5, 5.41) is 1.33. The first kappa shape index (κ1) is 16.1. The number of hydrogen-bond acceptors (Lipinski definition) is 4. The number of aromatic amines is 1. The number of carbonyl (C=O) groups is 1. The first-order valence-corrected chi connectivity index (χ1v) is 8.28. The molecule has 1 atom stereocenters. The minimum Gasteiger partial charge on any atom is -0.451 e. The number of ether oxygens (including phenoxy) is 1. The summed E-state index contributed by atoms with van der Waals surface area (Å²) in [7, 11) is 1.88. The van der Waals surface area contributed by atoms with Gasteiger partial charge in [-0.25, -0.2) is 9.78 Å². The predicted octanol–water partition coefficient (Wildman–Crippen LogP) is 3.33. The largest absolute Gasteiger partial charge is 0.451 e. The van der Waals surface area contributed by atoms with E-state index < -0.39 is 12.1 Å². The second-order valence-corrected chi connectivity index (χ2v) is 6.19. The summed E-state index contributed by atoms with van der Waals surface area (Å²) < 4.78 is 7.44. The van der Waals surface area contributed by atoms with Gasteiger partial charge in [0, 0.05) is 24.1 Å². The van der Waals surface area contributed by atoms with Gasteiger partial charge in [-0.1, -0.05) is 30.3 Å². The lowest BCUT2D eigenvalue weighted by atomic mass is 10.2. The van der Waals surface area contributed by atoms with Crippen molar-refractivity contribution < 1.29 is 9.53 Å². The van der Waals surface area contributed by atoms with Crippen molar-refractivity contribution in [2.75, 3.05) is 0 Å². The van der Waals surface area contributed by atoms with Crippen molar-refractivity contribution in [2.45, 2.75) is 13.0 Å². The Kier molecular flexibility index (Phi) is 3.80. The maximum atomic E-state index is 12.6. The van der Waals surface area contributed by atoms with Gasteiger partial charge in [0.15, 0.2) is 11.9 Å². The van der Waals surface area contributed by atoms with Crippen LogP contribution in [0.25, 0.3) is 21.8 Å². The molecule has 0 aliphatic carbocycles. The number of nitrogens with one attached hydrogen (secondary N) is 1. The van der Waals surface area contributed by atoms with E-state index >= 15 is 0 Å². The van der Waals surface area contributed by atoms with Crippen LogP contribution in [0.3, 0.4) is 0 Å². The standard InChI is InChI=1S/C20H17N3O3/c1-12(18-21-16-9-5-3-8-14(16)19(24)22-18)26-20(25)15-11-23(2)17-10-6-4-7-13(15)17/h3-12H,1-2H3,(H,21,22,24)/t12-/m1/s1. The van der Waals surface area contributed by atoms with E-state index in [1.165, 1.54) is 0 Å². The van der Waals surface area contributed by atoms with Gasteiger partial charge in [0.1, 0.15) is 0 Å². The quantitative estimate of drug-likeness (QED) is 0.577. The van der Waals surface area contributed by atoms with Crippen LogP contribution in [0.2, 0.25) is 0 Å². The van der Waals surface area contributed by atoms with Crippen LogP contribution in [-0.2, 0) is 11.8 Å². The Balaban J connectivity index is 1.66. The number of H-pyrrole nitrogens is 1. The maximum Gasteiger partial charge on any atom is 0.341 e. The number of hydrogen-bond donors (Lipinski definition) is 1. The van der Waals surface area contributed by atoms with Gasteiger partial charge in [-0.2, -0.15) is 0 Å². The summed E-state index contributed by atoms with van der Waals surface area (Å²) in [6.07, 6.45) is 1.06. The molecule has 0 spiro atoms. The summed E-state index contributed by atoms with van der Waals surface area (Å²) in [6, 6.07) is 14.7. The Morgan fingerprint density at radius 3 is 2.62 bits per heavy atom. The maximum absolute atomic E-state index is 12.6. The van der Waals surface area contributed by atoms with Crippen LogP contribution < -0.4 is 5.56 Å². The first-order chi connectivity index (χ1) is 12.5. The zero-order valence-electron chi connectivity index (χ0n) is 14.4. The molecule has 4 rings (SSSR count). The number of esters is 1. The van der Waals surface area contributed by atoms with E-state index in [2.05, 4.69) is 9.97 Å².